The van der Waals surface area contributed by atoms with Crippen molar-refractivity contribution in [2.75, 3.05) is 6.54 Å². The van der Waals surface area contributed by atoms with Crippen LogP contribution >= 0.6 is 0 Å². The highest BCUT2D eigenvalue weighted by molar-refractivity contribution is 6.13. The average molecular weight is 262 g/mol. The third kappa shape index (κ3) is 2.89. The molecule has 0 saturated carbocycles. The van der Waals surface area contributed by atoms with Crippen LogP contribution < -0.4 is 5.32 Å². The predicted molar refractivity (Wildman–Crippen MR) is 63.7 cm³/mol. The summed E-state index contributed by atoms with van der Waals surface area (Å²) in [5.74, 6) is -1.33. The minimum atomic E-state index is -1.25. The van der Waals surface area contributed by atoms with E-state index in [-0.39, 0.29) is 5.70 Å². The fraction of sp³-hybridized carbons (Fsp3) is 0.0833. The van der Waals surface area contributed by atoms with E-state index in [0.29, 0.717) is 10.7 Å². The molecule has 1 aromatic heterocycles. The summed E-state index contributed by atoms with van der Waals surface area (Å²) >= 11 is 0. The Kier molecular flexibility index (Phi) is 3.46. The zero-order valence-corrected chi connectivity index (χ0v) is 9.70. The molecule has 0 aliphatic carbocycles. The number of allylic oxidation sites excluding steroid dienone is 2. The Balaban J connectivity index is 2.08. The first-order valence-electron chi connectivity index (χ1n) is 5.34. The second kappa shape index (κ2) is 5.21. The highest BCUT2D eigenvalue weighted by Crippen LogP contribution is 2.10. The van der Waals surface area contributed by atoms with Gasteiger partial charge in [0.2, 0.25) is 0 Å². The Bertz CT molecular complexity index is 571. The lowest BCUT2D eigenvalue weighted by Crippen LogP contribution is -2.35. The topological polar surface area (TPSA) is 99.8 Å². The number of nitrogens with one attached hydrogen (secondary N) is 1. The summed E-state index contributed by atoms with van der Waals surface area (Å²) in [6.45, 7) is -0.663. The number of carboxylic acids is 1. The molecule has 1 aliphatic heterocycles. The van der Waals surface area contributed by atoms with E-state index in [1.807, 2.05) is 0 Å². The SMILES string of the molecule is O=C(O)CN1C(=O)N/C(=C/C=C/c2ccco2)C1=O. The van der Waals surface area contributed by atoms with Gasteiger partial charge >= 0.3 is 12.0 Å². The van der Waals surface area contributed by atoms with Crippen molar-refractivity contribution in [3.8, 4) is 0 Å². The quantitative estimate of drug-likeness (QED) is 0.618. The van der Waals surface area contributed by atoms with Crippen LogP contribution in [-0.4, -0.2) is 34.5 Å². The van der Waals surface area contributed by atoms with Crippen molar-refractivity contribution >= 4 is 24.0 Å². The molecule has 7 heteroatoms. The predicted octanol–water partition coefficient (Wildman–Crippen LogP) is 0.813. The second-order valence-electron chi connectivity index (χ2n) is 3.67. The van der Waals surface area contributed by atoms with E-state index >= 15 is 0 Å². The largest absolute Gasteiger partial charge is 0.480 e. The second-order valence-corrected chi connectivity index (χ2v) is 3.67. The lowest BCUT2D eigenvalue weighted by Gasteiger charge is -2.06. The van der Waals surface area contributed by atoms with Crippen LogP contribution in [0.25, 0.3) is 6.08 Å². The van der Waals surface area contributed by atoms with E-state index in [0.717, 1.165) is 0 Å². The zero-order chi connectivity index (χ0) is 13.8. The monoisotopic (exact) mass is 262 g/mol. The van der Waals surface area contributed by atoms with Gasteiger partial charge in [0.15, 0.2) is 0 Å². The van der Waals surface area contributed by atoms with Gasteiger partial charge < -0.3 is 14.8 Å². The normalized spacial score (nSPS) is 17.5. The summed E-state index contributed by atoms with van der Waals surface area (Å²) in [7, 11) is 0. The molecule has 0 aromatic carbocycles. The molecule has 2 rings (SSSR count). The minimum absolute atomic E-state index is 0.0223. The average Bonchev–Trinajstić information content (AvgIpc) is 2.94. The number of rotatable bonds is 4. The first-order chi connectivity index (χ1) is 9.08. The first-order valence-corrected chi connectivity index (χ1v) is 5.34. The number of urea groups is 1. The number of hydrogen-bond acceptors (Lipinski definition) is 4. The first kappa shape index (κ1) is 12.6. The van der Waals surface area contributed by atoms with Crippen LogP contribution in [0.15, 0.2) is 40.7 Å². The number of carboxylic acid groups (broad SMARTS) is 1. The molecule has 0 spiro atoms. The number of nitrogens with zero attached hydrogens (tertiary/aromatic N) is 1. The van der Waals surface area contributed by atoms with Gasteiger partial charge in [-0.2, -0.15) is 0 Å². The van der Waals surface area contributed by atoms with Gasteiger partial charge in [0.1, 0.15) is 18.0 Å². The molecule has 1 aromatic rings. The van der Waals surface area contributed by atoms with Crippen LogP contribution in [0.3, 0.4) is 0 Å². The van der Waals surface area contributed by atoms with Gasteiger partial charge in [-0.1, -0.05) is 6.08 Å². The maximum Gasteiger partial charge on any atom is 0.329 e. The van der Waals surface area contributed by atoms with Gasteiger partial charge in [0.25, 0.3) is 5.91 Å². The van der Waals surface area contributed by atoms with Crippen LogP contribution in [-0.2, 0) is 9.59 Å². The molecule has 98 valence electrons. The van der Waals surface area contributed by atoms with E-state index in [2.05, 4.69) is 5.32 Å². The number of furan rings is 1. The molecule has 0 unspecified atom stereocenters. The van der Waals surface area contributed by atoms with Gasteiger partial charge in [-0.05, 0) is 24.3 Å². The van der Waals surface area contributed by atoms with Gasteiger partial charge in [-0.3, -0.25) is 9.59 Å². The van der Waals surface area contributed by atoms with E-state index in [1.54, 1.807) is 18.2 Å². The molecule has 1 aliphatic rings. The Hall–Kier alpha value is -2.83. The molecular weight excluding hydrogens is 252 g/mol. The van der Waals surface area contributed by atoms with Gasteiger partial charge in [0, 0.05) is 0 Å². The third-order valence-corrected chi connectivity index (χ3v) is 2.32. The zero-order valence-electron chi connectivity index (χ0n) is 9.70. The molecule has 1 fully saturated rings. The molecular formula is C12H10N2O5. The minimum Gasteiger partial charge on any atom is -0.480 e. The van der Waals surface area contributed by atoms with Crippen molar-refractivity contribution in [1.29, 1.82) is 0 Å². The number of carbonyl (C=O) groups is 3. The fourth-order valence-electron chi connectivity index (χ4n) is 1.49. The highest BCUT2D eigenvalue weighted by Gasteiger charge is 2.34. The molecule has 19 heavy (non-hydrogen) atoms. The van der Waals surface area contributed by atoms with E-state index in [9.17, 15) is 14.4 Å². The molecule has 2 heterocycles. The molecule has 3 amide bonds. The molecule has 0 radical (unpaired) electrons. The summed E-state index contributed by atoms with van der Waals surface area (Å²) in [5, 5.41) is 10.9. The number of carbonyl (C=O) groups excluding carboxylic acids is 2. The van der Waals surface area contributed by atoms with Crippen LogP contribution in [0.2, 0.25) is 0 Å². The van der Waals surface area contributed by atoms with Crippen LogP contribution in [0.5, 0.6) is 0 Å². The van der Waals surface area contributed by atoms with Crippen LogP contribution in [0.4, 0.5) is 4.79 Å². The van der Waals surface area contributed by atoms with Crippen molar-refractivity contribution in [1.82, 2.24) is 10.2 Å². The Morgan fingerprint density at radius 3 is 2.89 bits per heavy atom. The number of hydrogen-bond donors (Lipinski definition) is 2. The maximum absolute atomic E-state index is 11.7. The third-order valence-electron chi connectivity index (χ3n) is 2.32. The summed E-state index contributed by atoms with van der Waals surface area (Å²) in [6, 6.07) is 2.69. The van der Waals surface area contributed by atoms with Gasteiger partial charge in [-0.25, -0.2) is 9.69 Å². The molecule has 0 atom stereocenters. The van der Waals surface area contributed by atoms with E-state index < -0.39 is 24.5 Å². The van der Waals surface area contributed by atoms with Crippen molar-refractivity contribution in [3.05, 3.63) is 42.0 Å². The number of aliphatic carboxylic acids is 1. The lowest BCUT2D eigenvalue weighted by atomic mass is 10.3. The molecule has 1 saturated heterocycles. The summed E-state index contributed by atoms with van der Waals surface area (Å²) in [4.78, 5) is 34.2. The summed E-state index contributed by atoms with van der Waals surface area (Å²) in [6.07, 6.45) is 6.01. The van der Waals surface area contributed by atoms with E-state index in [4.69, 9.17) is 9.52 Å². The molecule has 0 bridgehead atoms. The fourth-order valence-corrected chi connectivity index (χ4v) is 1.49. The Morgan fingerprint density at radius 1 is 1.47 bits per heavy atom. The summed E-state index contributed by atoms with van der Waals surface area (Å²) in [5.41, 5.74) is 0.0223. The van der Waals surface area contributed by atoms with Crippen molar-refractivity contribution in [2.24, 2.45) is 0 Å². The highest BCUT2D eigenvalue weighted by atomic mass is 16.4. The van der Waals surface area contributed by atoms with Crippen LogP contribution in [0.1, 0.15) is 5.76 Å². The van der Waals surface area contributed by atoms with E-state index in [1.165, 1.54) is 18.4 Å². The smallest absolute Gasteiger partial charge is 0.329 e. The van der Waals surface area contributed by atoms with Crippen molar-refractivity contribution < 1.29 is 23.9 Å². The maximum atomic E-state index is 11.7. The standard InChI is InChI=1S/C12H10N2O5/c15-10(16)7-14-11(17)9(13-12(14)18)5-1-3-8-4-2-6-19-8/h1-6H,7H2,(H,13,18)(H,15,16)/b3-1+,9-5+. The lowest BCUT2D eigenvalue weighted by molar-refractivity contribution is -0.140. The van der Waals surface area contributed by atoms with Crippen molar-refractivity contribution in [3.63, 3.8) is 0 Å². The Labute approximate surface area is 107 Å². The van der Waals surface area contributed by atoms with Gasteiger partial charge in [0.05, 0.1) is 6.26 Å². The molecule has 2 N–H and O–H groups in total. The number of imide groups is 1. The molecule has 7 nitrogen and oxygen atoms in total. The number of amides is 3. The summed E-state index contributed by atoms with van der Waals surface area (Å²) < 4.78 is 5.04. The van der Waals surface area contributed by atoms with Crippen LogP contribution in [0, 0.1) is 0 Å². The van der Waals surface area contributed by atoms with Gasteiger partial charge in [-0.15, -0.1) is 0 Å². The Morgan fingerprint density at radius 2 is 2.26 bits per heavy atom. The van der Waals surface area contributed by atoms with Crippen molar-refractivity contribution in [2.45, 2.75) is 0 Å².